The lowest BCUT2D eigenvalue weighted by atomic mass is 10.0. The van der Waals surface area contributed by atoms with Gasteiger partial charge in [-0.1, -0.05) is 29.8 Å². The van der Waals surface area contributed by atoms with E-state index < -0.39 is 15.9 Å². The molecule has 2 heterocycles. The number of hydrogen-bond donors (Lipinski definition) is 2. The minimum absolute atomic E-state index is 0.0931. The number of anilines is 1. The first-order valence-corrected chi connectivity index (χ1v) is 16.0. The molecular weight excluding hydrogens is 590 g/mol. The Labute approximate surface area is 256 Å². The number of carbonyl (C=O) groups is 2. The number of nitrogens with zero attached hydrogens (tertiary/aromatic N) is 1. The molecule has 43 heavy (non-hydrogen) atoms. The van der Waals surface area contributed by atoms with Crippen LogP contribution in [0.25, 0.3) is 10.9 Å². The van der Waals surface area contributed by atoms with Gasteiger partial charge in [-0.15, -0.1) is 0 Å². The fraction of sp³-hybridized carbons (Fsp3) is 0.312. The molecule has 1 saturated heterocycles. The number of para-hydroxylation sites is 1. The molecule has 1 atom stereocenters. The maximum Gasteiger partial charge on any atom is 0.281 e. The molecule has 5 rings (SSSR count). The predicted octanol–water partition coefficient (Wildman–Crippen LogP) is 5.86. The average Bonchev–Trinajstić information content (AvgIpc) is 3.37. The zero-order valence-corrected chi connectivity index (χ0v) is 25.6. The van der Waals surface area contributed by atoms with E-state index in [1.807, 2.05) is 50.2 Å². The standard InChI is InChI=1S/C32H34ClN3O6S/c1-21-17-26(18-22(2)30(21)33)42-16-6-14-36-28-9-4-3-7-23(28)19-29(36)32(38)35-43(39,40)27-12-10-25(11-13-27)34-31(37)24-8-5-15-41-20-24/h3-4,7,9-13,17-19,24H,5-6,8,14-16,20H2,1-2H3,(H,34,37)(H,35,38)/t24-/m0/s1. The maximum atomic E-state index is 13.3. The van der Waals surface area contributed by atoms with Gasteiger partial charge >= 0.3 is 0 Å². The van der Waals surface area contributed by atoms with Gasteiger partial charge in [0.15, 0.2) is 0 Å². The molecule has 0 spiro atoms. The van der Waals surface area contributed by atoms with Crippen LogP contribution in [0.5, 0.6) is 5.75 Å². The van der Waals surface area contributed by atoms with Crippen molar-refractivity contribution in [3.8, 4) is 5.75 Å². The van der Waals surface area contributed by atoms with Crippen LogP contribution in [0.3, 0.4) is 0 Å². The first kappa shape index (κ1) is 30.6. The molecule has 1 aliphatic rings. The van der Waals surface area contributed by atoms with Crippen molar-refractivity contribution >= 4 is 50.0 Å². The summed E-state index contributed by atoms with van der Waals surface area (Å²) >= 11 is 6.26. The first-order chi connectivity index (χ1) is 20.6. The molecule has 226 valence electrons. The monoisotopic (exact) mass is 623 g/mol. The number of aryl methyl sites for hydroxylation is 3. The zero-order chi connectivity index (χ0) is 30.6. The summed E-state index contributed by atoms with van der Waals surface area (Å²) in [6.45, 7) is 5.70. The van der Waals surface area contributed by atoms with Gasteiger partial charge in [-0.3, -0.25) is 9.59 Å². The van der Waals surface area contributed by atoms with Gasteiger partial charge < -0.3 is 19.4 Å². The van der Waals surface area contributed by atoms with Crippen LogP contribution in [-0.4, -0.2) is 44.6 Å². The molecule has 4 aromatic rings. The van der Waals surface area contributed by atoms with Crippen molar-refractivity contribution in [1.82, 2.24) is 9.29 Å². The van der Waals surface area contributed by atoms with E-state index in [2.05, 4.69) is 10.0 Å². The van der Waals surface area contributed by atoms with E-state index in [1.54, 1.807) is 10.6 Å². The van der Waals surface area contributed by atoms with E-state index in [1.165, 1.54) is 24.3 Å². The van der Waals surface area contributed by atoms with Crippen molar-refractivity contribution in [1.29, 1.82) is 0 Å². The topological polar surface area (TPSA) is 116 Å². The highest BCUT2D eigenvalue weighted by Crippen LogP contribution is 2.26. The van der Waals surface area contributed by atoms with E-state index in [4.69, 9.17) is 21.1 Å². The average molecular weight is 624 g/mol. The van der Waals surface area contributed by atoms with Crippen molar-refractivity contribution in [3.63, 3.8) is 0 Å². The molecule has 9 nitrogen and oxygen atoms in total. The highest BCUT2D eigenvalue weighted by molar-refractivity contribution is 7.90. The second-order valence-electron chi connectivity index (χ2n) is 10.7. The van der Waals surface area contributed by atoms with Gasteiger partial charge in [0, 0.05) is 34.8 Å². The Hall–Kier alpha value is -3.86. The SMILES string of the molecule is Cc1cc(OCCCn2c(C(=O)NS(=O)(=O)c3ccc(NC(=O)[C@H]4CCCOC4)cc3)cc3ccccc32)cc(C)c1Cl. The fourth-order valence-electron chi connectivity index (χ4n) is 5.18. The van der Waals surface area contributed by atoms with Gasteiger partial charge in [-0.25, -0.2) is 13.1 Å². The van der Waals surface area contributed by atoms with Crippen LogP contribution in [0, 0.1) is 19.8 Å². The van der Waals surface area contributed by atoms with Crippen molar-refractivity contribution in [2.24, 2.45) is 5.92 Å². The summed E-state index contributed by atoms with van der Waals surface area (Å²) in [4.78, 5) is 25.7. The second-order valence-corrected chi connectivity index (χ2v) is 12.7. The van der Waals surface area contributed by atoms with Crippen LogP contribution in [-0.2, 0) is 26.1 Å². The summed E-state index contributed by atoms with van der Waals surface area (Å²) in [6.07, 6.45) is 2.15. The van der Waals surface area contributed by atoms with E-state index >= 15 is 0 Å². The van der Waals surface area contributed by atoms with Crippen LogP contribution in [0.1, 0.15) is 40.9 Å². The fourth-order valence-corrected chi connectivity index (χ4v) is 6.25. The van der Waals surface area contributed by atoms with E-state index in [-0.39, 0.29) is 22.4 Å². The maximum absolute atomic E-state index is 13.3. The molecular formula is C32H34ClN3O6S. The molecule has 3 aromatic carbocycles. The number of rotatable bonds is 10. The number of amides is 2. The molecule has 0 radical (unpaired) electrons. The minimum atomic E-state index is -4.18. The van der Waals surface area contributed by atoms with Crippen LogP contribution >= 0.6 is 11.6 Å². The Morgan fingerprint density at radius 2 is 1.77 bits per heavy atom. The Morgan fingerprint density at radius 1 is 1.05 bits per heavy atom. The predicted molar refractivity (Wildman–Crippen MR) is 166 cm³/mol. The molecule has 1 aromatic heterocycles. The Morgan fingerprint density at radius 3 is 2.47 bits per heavy atom. The van der Waals surface area contributed by atoms with E-state index in [0.717, 1.165) is 40.6 Å². The molecule has 11 heteroatoms. The number of carbonyl (C=O) groups excluding carboxylic acids is 2. The largest absolute Gasteiger partial charge is 0.494 e. The lowest BCUT2D eigenvalue weighted by molar-refractivity contribution is -0.123. The first-order valence-electron chi connectivity index (χ1n) is 14.2. The number of halogens is 1. The molecule has 0 bridgehead atoms. The lowest BCUT2D eigenvalue weighted by Crippen LogP contribution is -2.32. The lowest BCUT2D eigenvalue weighted by Gasteiger charge is -2.21. The highest BCUT2D eigenvalue weighted by Gasteiger charge is 2.24. The second kappa shape index (κ2) is 13.2. The van der Waals surface area contributed by atoms with E-state index in [9.17, 15) is 18.0 Å². The van der Waals surface area contributed by atoms with Gasteiger partial charge in [0.1, 0.15) is 11.4 Å². The van der Waals surface area contributed by atoms with Crippen molar-refractivity contribution in [2.45, 2.75) is 44.6 Å². The number of nitrogens with one attached hydrogen (secondary N) is 2. The molecule has 0 aliphatic carbocycles. The van der Waals surface area contributed by atoms with Crippen molar-refractivity contribution in [3.05, 3.63) is 88.6 Å². The van der Waals surface area contributed by atoms with Crippen LogP contribution in [0.2, 0.25) is 5.02 Å². The molecule has 0 unspecified atom stereocenters. The van der Waals surface area contributed by atoms with Crippen LogP contribution in [0.4, 0.5) is 5.69 Å². The molecule has 1 aliphatic heterocycles. The molecule has 2 N–H and O–H groups in total. The number of ether oxygens (including phenoxy) is 2. The highest BCUT2D eigenvalue weighted by atomic mass is 35.5. The molecule has 2 amide bonds. The summed E-state index contributed by atoms with van der Waals surface area (Å²) < 4.78 is 41.6. The minimum Gasteiger partial charge on any atom is -0.494 e. The number of sulfonamides is 1. The Bertz CT molecular complexity index is 1720. The Balaban J connectivity index is 1.26. The van der Waals surface area contributed by atoms with Crippen LogP contribution in [0.15, 0.2) is 71.6 Å². The van der Waals surface area contributed by atoms with Crippen LogP contribution < -0.4 is 14.8 Å². The number of aromatic nitrogens is 1. The summed E-state index contributed by atoms with van der Waals surface area (Å²) in [5.74, 6) is -0.425. The number of fused-ring (bicyclic) bond motifs is 1. The normalized spacial score (nSPS) is 15.3. The molecule has 1 fully saturated rings. The van der Waals surface area contributed by atoms with Crippen molar-refractivity contribution < 1.29 is 27.5 Å². The third-order valence-corrected chi connectivity index (χ3v) is 9.38. The number of benzene rings is 3. The summed E-state index contributed by atoms with van der Waals surface area (Å²) in [5, 5.41) is 4.33. The Kier molecular flexibility index (Phi) is 9.39. The summed E-state index contributed by atoms with van der Waals surface area (Å²) in [5.41, 5.74) is 3.37. The zero-order valence-electron chi connectivity index (χ0n) is 24.1. The third kappa shape index (κ3) is 7.21. The quantitative estimate of drug-likeness (QED) is 0.214. The molecule has 0 saturated carbocycles. The van der Waals surface area contributed by atoms with Crippen molar-refractivity contribution in [2.75, 3.05) is 25.1 Å². The third-order valence-electron chi connectivity index (χ3n) is 7.44. The van der Waals surface area contributed by atoms with Gasteiger partial charge in [-0.05, 0) is 92.8 Å². The number of hydrogen-bond acceptors (Lipinski definition) is 6. The van der Waals surface area contributed by atoms with Gasteiger partial charge in [0.05, 0.1) is 24.0 Å². The van der Waals surface area contributed by atoms with Gasteiger partial charge in [0.2, 0.25) is 5.91 Å². The summed E-state index contributed by atoms with van der Waals surface area (Å²) in [6, 6.07) is 18.7. The smallest absolute Gasteiger partial charge is 0.281 e. The van der Waals surface area contributed by atoms with E-state index in [0.29, 0.717) is 43.5 Å². The van der Waals surface area contributed by atoms with Gasteiger partial charge in [0.25, 0.3) is 15.9 Å². The summed E-state index contributed by atoms with van der Waals surface area (Å²) in [7, 11) is -4.18. The van der Waals surface area contributed by atoms with Gasteiger partial charge in [-0.2, -0.15) is 0 Å².